The predicted molar refractivity (Wildman–Crippen MR) is 65.6 cm³/mol. The molecule has 0 aromatic carbocycles. The first-order chi connectivity index (χ1) is 6.73. The molecule has 0 aromatic heterocycles. The van der Waals surface area contributed by atoms with Gasteiger partial charge in [0.25, 0.3) is 0 Å². The van der Waals surface area contributed by atoms with Gasteiger partial charge in [0.2, 0.25) is 0 Å². The highest BCUT2D eigenvalue weighted by molar-refractivity contribution is 7.53. The highest BCUT2D eigenvalue weighted by Crippen LogP contribution is 2.45. The summed E-state index contributed by atoms with van der Waals surface area (Å²) in [6.45, 7) is 6.19. The van der Waals surface area contributed by atoms with E-state index in [9.17, 15) is 4.57 Å². The average Bonchev–Trinajstić information content (AvgIpc) is 1.99. The molecule has 1 unspecified atom stereocenters. The van der Waals surface area contributed by atoms with E-state index in [1.54, 1.807) is 20.8 Å². The molecule has 0 fully saturated rings. The number of alkyl halides is 2. The Kier molecular flexibility index (Phi) is 6.73. The van der Waals surface area contributed by atoms with Gasteiger partial charge >= 0.3 is 7.67 Å². The molecule has 4 nitrogen and oxygen atoms in total. The van der Waals surface area contributed by atoms with Gasteiger partial charge in [-0.2, -0.15) is 0 Å². The van der Waals surface area contributed by atoms with Crippen LogP contribution in [0.3, 0.4) is 0 Å². The molecule has 0 saturated carbocycles. The highest BCUT2D eigenvalue weighted by atomic mass is 35.5. The van der Waals surface area contributed by atoms with Crippen molar-refractivity contribution < 1.29 is 9.09 Å². The van der Waals surface area contributed by atoms with Crippen molar-refractivity contribution >= 4 is 30.9 Å². The quantitative estimate of drug-likeness (QED) is 0.599. The van der Waals surface area contributed by atoms with Crippen molar-refractivity contribution in [3.05, 3.63) is 0 Å². The molecule has 0 aliphatic carbocycles. The number of nitrogens with two attached hydrogens (primary N) is 1. The zero-order valence-electron chi connectivity index (χ0n) is 9.37. The Balaban J connectivity index is 4.55. The first kappa shape index (κ1) is 15.7. The molecule has 1 atom stereocenters. The summed E-state index contributed by atoms with van der Waals surface area (Å²) in [5, 5.41) is 0. The maximum atomic E-state index is 12.1. The fourth-order valence-electron chi connectivity index (χ4n) is 1.04. The standard InChI is InChI=1S/C8H19Cl2N2O2P/c1-8(2,3)14-15(11,13)12(6-4-9)7-5-10/h4-7H2,1-3H3,(H2,11,13). The van der Waals surface area contributed by atoms with E-state index < -0.39 is 13.3 Å². The van der Waals surface area contributed by atoms with Crippen LogP contribution in [0.1, 0.15) is 20.8 Å². The second-order valence-corrected chi connectivity index (χ2v) is 6.73. The third kappa shape index (κ3) is 6.77. The van der Waals surface area contributed by atoms with E-state index in [4.69, 9.17) is 33.2 Å². The van der Waals surface area contributed by atoms with Crippen LogP contribution in [0.25, 0.3) is 0 Å². The van der Waals surface area contributed by atoms with Gasteiger partial charge in [0.1, 0.15) is 0 Å². The third-order valence-electron chi connectivity index (χ3n) is 1.48. The molecular formula is C8H19Cl2N2O2P. The summed E-state index contributed by atoms with van der Waals surface area (Å²) in [6, 6.07) is 0. The molecule has 7 heteroatoms. The Morgan fingerprint density at radius 1 is 1.27 bits per heavy atom. The second-order valence-electron chi connectivity index (χ2n) is 4.10. The lowest BCUT2D eigenvalue weighted by Crippen LogP contribution is -2.33. The minimum Gasteiger partial charge on any atom is -0.300 e. The fraction of sp³-hybridized carbons (Fsp3) is 1.00. The lowest BCUT2D eigenvalue weighted by Gasteiger charge is -2.31. The minimum absolute atomic E-state index is 0.339. The first-order valence-corrected chi connectivity index (χ1v) is 7.41. The van der Waals surface area contributed by atoms with Crippen LogP contribution in [0, 0.1) is 0 Å². The van der Waals surface area contributed by atoms with E-state index in [1.165, 1.54) is 4.67 Å². The zero-order chi connectivity index (χ0) is 12.1. The summed E-state index contributed by atoms with van der Waals surface area (Å²) in [4.78, 5) is 0. The van der Waals surface area contributed by atoms with Crippen LogP contribution < -0.4 is 5.50 Å². The van der Waals surface area contributed by atoms with Crippen molar-refractivity contribution in [1.29, 1.82) is 0 Å². The number of rotatable bonds is 6. The molecule has 0 aromatic rings. The summed E-state index contributed by atoms with van der Waals surface area (Å²) >= 11 is 11.2. The Morgan fingerprint density at radius 3 is 1.93 bits per heavy atom. The normalized spacial score (nSPS) is 16.7. The molecule has 0 bridgehead atoms. The number of halogens is 2. The van der Waals surface area contributed by atoms with Crippen LogP contribution in [0.15, 0.2) is 0 Å². The molecule has 0 amide bonds. The van der Waals surface area contributed by atoms with Gasteiger partial charge in [-0.15, -0.1) is 23.2 Å². The average molecular weight is 277 g/mol. The van der Waals surface area contributed by atoms with Crippen molar-refractivity contribution in [3.8, 4) is 0 Å². The van der Waals surface area contributed by atoms with Gasteiger partial charge in [-0.25, -0.2) is 10.2 Å². The van der Waals surface area contributed by atoms with Gasteiger partial charge < -0.3 is 4.52 Å². The van der Waals surface area contributed by atoms with Crippen molar-refractivity contribution in [1.82, 2.24) is 4.67 Å². The van der Waals surface area contributed by atoms with Crippen LogP contribution in [0.4, 0.5) is 0 Å². The monoisotopic (exact) mass is 276 g/mol. The van der Waals surface area contributed by atoms with Gasteiger partial charge in [0.15, 0.2) is 0 Å². The first-order valence-electron chi connectivity index (χ1n) is 4.69. The maximum Gasteiger partial charge on any atom is 0.341 e. The lowest BCUT2D eigenvalue weighted by molar-refractivity contribution is 0.117. The van der Waals surface area contributed by atoms with Crippen molar-refractivity contribution in [2.24, 2.45) is 5.50 Å². The van der Waals surface area contributed by atoms with Crippen molar-refractivity contribution in [2.45, 2.75) is 26.4 Å². The Labute approximate surface area is 102 Å². The molecule has 0 rings (SSSR count). The molecular weight excluding hydrogens is 258 g/mol. The van der Waals surface area contributed by atoms with Crippen LogP contribution in [-0.4, -0.2) is 35.1 Å². The summed E-state index contributed by atoms with van der Waals surface area (Å²) < 4.78 is 18.9. The van der Waals surface area contributed by atoms with Crippen molar-refractivity contribution in [2.75, 3.05) is 24.8 Å². The van der Waals surface area contributed by atoms with Crippen LogP contribution >= 0.6 is 30.9 Å². The van der Waals surface area contributed by atoms with Gasteiger partial charge in [0.05, 0.1) is 5.60 Å². The van der Waals surface area contributed by atoms with Gasteiger partial charge in [-0.1, -0.05) is 0 Å². The van der Waals surface area contributed by atoms with E-state index in [1.807, 2.05) is 0 Å². The number of hydrogen-bond acceptors (Lipinski definition) is 2. The molecule has 2 N–H and O–H groups in total. The number of hydrogen-bond donors (Lipinski definition) is 1. The maximum absolute atomic E-state index is 12.1. The SMILES string of the molecule is CC(C)(C)OP(N)(=O)N(CCCl)CCCl. The summed E-state index contributed by atoms with van der Waals surface area (Å²) in [7, 11) is -3.29. The molecule has 0 saturated heterocycles. The van der Waals surface area contributed by atoms with Crippen LogP contribution in [0.5, 0.6) is 0 Å². The Bertz CT molecular complexity index is 227. The van der Waals surface area contributed by atoms with Gasteiger partial charge in [0, 0.05) is 24.8 Å². The molecule has 0 spiro atoms. The smallest absolute Gasteiger partial charge is 0.300 e. The highest BCUT2D eigenvalue weighted by Gasteiger charge is 2.31. The van der Waals surface area contributed by atoms with E-state index in [0.717, 1.165) is 0 Å². The summed E-state index contributed by atoms with van der Waals surface area (Å²) in [6.07, 6.45) is 0. The predicted octanol–water partition coefficient (Wildman–Crippen LogP) is 2.65. The van der Waals surface area contributed by atoms with Crippen molar-refractivity contribution in [3.63, 3.8) is 0 Å². The largest absolute Gasteiger partial charge is 0.341 e. The third-order valence-corrected chi connectivity index (χ3v) is 3.82. The summed E-state index contributed by atoms with van der Waals surface area (Å²) in [5.41, 5.74) is 5.11. The van der Waals surface area contributed by atoms with E-state index >= 15 is 0 Å². The van der Waals surface area contributed by atoms with E-state index in [-0.39, 0.29) is 0 Å². The molecule has 15 heavy (non-hydrogen) atoms. The fourth-order valence-corrected chi connectivity index (χ4v) is 3.34. The minimum atomic E-state index is -3.29. The lowest BCUT2D eigenvalue weighted by atomic mass is 10.2. The molecule has 0 aliphatic rings. The molecule has 0 aliphatic heterocycles. The Morgan fingerprint density at radius 2 is 1.67 bits per heavy atom. The van der Waals surface area contributed by atoms with E-state index in [2.05, 4.69) is 0 Å². The summed E-state index contributed by atoms with van der Waals surface area (Å²) in [5.74, 6) is 0.678. The molecule has 92 valence electrons. The van der Waals surface area contributed by atoms with Gasteiger partial charge in [-0.05, 0) is 20.8 Å². The molecule has 0 heterocycles. The van der Waals surface area contributed by atoms with Gasteiger partial charge in [-0.3, -0.25) is 4.57 Å². The van der Waals surface area contributed by atoms with Crippen LogP contribution in [-0.2, 0) is 9.09 Å². The Hall–Kier alpha value is 0.690. The second kappa shape index (κ2) is 6.43. The topological polar surface area (TPSA) is 55.6 Å². The zero-order valence-corrected chi connectivity index (χ0v) is 11.8. The van der Waals surface area contributed by atoms with E-state index in [0.29, 0.717) is 24.8 Å². The molecule has 0 radical (unpaired) electrons. The van der Waals surface area contributed by atoms with Crippen LogP contribution in [0.2, 0.25) is 0 Å². The number of nitrogens with zero attached hydrogens (tertiary/aromatic N) is 1.